The number of rotatable bonds is 5. The van der Waals surface area contributed by atoms with Gasteiger partial charge in [0.05, 0.1) is 0 Å². The molecular weight excluding hydrogens is 140 g/mol. The zero-order valence-electron chi connectivity index (χ0n) is 7.43. The van der Waals surface area contributed by atoms with Crippen molar-refractivity contribution < 1.29 is 0 Å². The summed E-state index contributed by atoms with van der Waals surface area (Å²) in [6.45, 7) is 6.88. The zero-order chi connectivity index (χ0) is 7.98. The fourth-order valence-corrected chi connectivity index (χ4v) is 1.68. The van der Waals surface area contributed by atoms with Crippen molar-refractivity contribution in [3.05, 3.63) is 0 Å². The minimum atomic E-state index is 0.840. The molecule has 1 unspecified atom stereocenters. The van der Waals surface area contributed by atoms with Gasteiger partial charge >= 0.3 is 0 Å². The maximum Gasteiger partial charge on any atom is -0.00952 e. The first kappa shape index (κ1) is 10.3. The summed E-state index contributed by atoms with van der Waals surface area (Å²) in [6.07, 6.45) is 3.98. The molecule has 0 aromatic rings. The lowest BCUT2D eigenvalue weighted by atomic mass is 9.89. The van der Waals surface area contributed by atoms with Gasteiger partial charge in [0, 0.05) is 0 Å². The van der Waals surface area contributed by atoms with Crippen LogP contribution in [0, 0.1) is 11.8 Å². The monoisotopic (exact) mass is 160 g/mol. The summed E-state index contributed by atoms with van der Waals surface area (Å²) >= 11 is 4.25. The van der Waals surface area contributed by atoms with Crippen molar-refractivity contribution in [2.45, 2.75) is 40.0 Å². The molecule has 0 aliphatic carbocycles. The first-order chi connectivity index (χ1) is 4.72. The quantitative estimate of drug-likeness (QED) is 0.586. The van der Waals surface area contributed by atoms with Gasteiger partial charge in [0.2, 0.25) is 0 Å². The van der Waals surface area contributed by atoms with E-state index in [-0.39, 0.29) is 0 Å². The molecule has 0 heterocycles. The summed E-state index contributed by atoms with van der Waals surface area (Å²) in [5.74, 6) is 2.79. The molecule has 0 aliphatic rings. The van der Waals surface area contributed by atoms with Crippen LogP contribution >= 0.6 is 12.6 Å². The first-order valence-corrected chi connectivity index (χ1v) is 4.96. The average Bonchev–Trinajstić information content (AvgIpc) is 1.87. The van der Waals surface area contributed by atoms with Gasteiger partial charge in [-0.15, -0.1) is 0 Å². The minimum Gasteiger partial charge on any atom is -0.179 e. The topological polar surface area (TPSA) is 0 Å². The van der Waals surface area contributed by atoms with Crippen LogP contribution in [-0.4, -0.2) is 5.75 Å². The van der Waals surface area contributed by atoms with Crippen LogP contribution in [0.1, 0.15) is 40.0 Å². The first-order valence-electron chi connectivity index (χ1n) is 4.33. The van der Waals surface area contributed by atoms with Crippen LogP contribution in [0.15, 0.2) is 0 Å². The number of thiol groups is 1. The highest BCUT2D eigenvalue weighted by molar-refractivity contribution is 7.80. The molecule has 0 rings (SSSR count). The van der Waals surface area contributed by atoms with E-state index in [0.717, 1.165) is 17.6 Å². The Hall–Kier alpha value is 0.350. The predicted octanol–water partition coefficient (Wildman–Crippen LogP) is 3.38. The van der Waals surface area contributed by atoms with Crippen molar-refractivity contribution >= 4 is 12.6 Å². The highest BCUT2D eigenvalue weighted by Crippen LogP contribution is 2.20. The van der Waals surface area contributed by atoms with Crippen molar-refractivity contribution in [3.8, 4) is 0 Å². The molecule has 0 aromatic heterocycles. The van der Waals surface area contributed by atoms with Crippen molar-refractivity contribution in [1.82, 2.24) is 0 Å². The van der Waals surface area contributed by atoms with Gasteiger partial charge in [-0.1, -0.05) is 33.6 Å². The largest absolute Gasteiger partial charge is 0.179 e. The van der Waals surface area contributed by atoms with E-state index in [2.05, 4.69) is 33.4 Å². The minimum absolute atomic E-state index is 0.840. The van der Waals surface area contributed by atoms with Crippen LogP contribution in [0.5, 0.6) is 0 Å². The van der Waals surface area contributed by atoms with E-state index in [0.29, 0.717) is 0 Å². The summed E-state index contributed by atoms with van der Waals surface area (Å²) in [5.41, 5.74) is 0. The van der Waals surface area contributed by atoms with Crippen molar-refractivity contribution in [3.63, 3.8) is 0 Å². The summed E-state index contributed by atoms with van der Waals surface area (Å²) in [5, 5.41) is 0. The molecule has 10 heavy (non-hydrogen) atoms. The van der Waals surface area contributed by atoms with Gasteiger partial charge in [-0.25, -0.2) is 0 Å². The molecule has 0 bridgehead atoms. The van der Waals surface area contributed by atoms with E-state index in [1.54, 1.807) is 0 Å². The molecule has 0 saturated carbocycles. The molecule has 0 aromatic carbocycles. The van der Waals surface area contributed by atoms with Crippen LogP contribution in [0.3, 0.4) is 0 Å². The molecule has 1 atom stereocenters. The fraction of sp³-hybridized carbons (Fsp3) is 1.00. The van der Waals surface area contributed by atoms with E-state index in [4.69, 9.17) is 0 Å². The maximum absolute atomic E-state index is 4.25. The molecule has 0 spiro atoms. The van der Waals surface area contributed by atoms with Gasteiger partial charge in [0.1, 0.15) is 0 Å². The molecule has 0 fully saturated rings. The van der Waals surface area contributed by atoms with Gasteiger partial charge in [0.15, 0.2) is 0 Å². The molecule has 62 valence electrons. The lowest BCUT2D eigenvalue weighted by Gasteiger charge is -2.18. The van der Waals surface area contributed by atoms with Gasteiger partial charge in [-0.3, -0.25) is 0 Å². The number of hydrogen-bond donors (Lipinski definition) is 1. The van der Waals surface area contributed by atoms with Crippen molar-refractivity contribution in [1.29, 1.82) is 0 Å². The summed E-state index contributed by atoms with van der Waals surface area (Å²) < 4.78 is 0. The lowest BCUT2D eigenvalue weighted by Crippen LogP contribution is -2.08. The second kappa shape index (κ2) is 6.09. The van der Waals surface area contributed by atoms with E-state index < -0.39 is 0 Å². The molecule has 0 radical (unpaired) electrons. The smallest absolute Gasteiger partial charge is 0.00952 e. The van der Waals surface area contributed by atoms with Gasteiger partial charge in [0.25, 0.3) is 0 Å². The van der Waals surface area contributed by atoms with Crippen molar-refractivity contribution in [2.75, 3.05) is 5.75 Å². The fourth-order valence-electron chi connectivity index (χ4n) is 1.35. The van der Waals surface area contributed by atoms with Gasteiger partial charge < -0.3 is 0 Å². The Kier molecular flexibility index (Phi) is 6.30. The lowest BCUT2D eigenvalue weighted by molar-refractivity contribution is 0.348. The Morgan fingerprint density at radius 2 is 1.80 bits per heavy atom. The molecule has 0 amide bonds. The van der Waals surface area contributed by atoms with Crippen LogP contribution in [0.25, 0.3) is 0 Å². The Balaban J connectivity index is 3.50. The summed E-state index contributed by atoms with van der Waals surface area (Å²) in [6, 6.07) is 0. The third kappa shape index (κ3) is 4.21. The second-order valence-electron chi connectivity index (χ2n) is 3.31. The Morgan fingerprint density at radius 3 is 2.10 bits per heavy atom. The standard InChI is InChI=1S/C9H20S/c1-4-5-9(6-7-10)8(2)3/h8-10H,4-7H2,1-3H3. The number of hydrogen-bond acceptors (Lipinski definition) is 1. The predicted molar refractivity (Wildman–Crippen MR) is 51.7 cm³/mol. The highest BCUT2D eigenvalue weighted by atomic mass is 32.1. The third-order valence-corrected chi connectivity index (χ3v) is 2.36. The van der Waals surface area contributed by atoms with Gasteiger partial charge in [-0.2, -0.15) is 12.6 Å². The molecular formula is C9H20S. The molecule has 0 N–H and O–H groups in total. The van der Waals surface area contributed by atoms with Gasteiger partial charge in [-0.05, 0) is 24.0 Å². The summed E-state index contributed by atoms with van der Waals surface area (Å²) in [7, 11) is 0. The van der Waals surface area contributed by atoms with Crippen molar-refractivity contribution in [2.24, 2.45) is 11.8 Å². The Labute approximate surface area is 70.8 Å². The highest BCUT2D eigenvalue weighted by Gasteiger charge is 2.10. The SMILES string of the molecule is CCCC(CCS)C(C)C. The summed E-state index contributed by atoms with van der Waals surface area (Å²) in [4.78, 5) is 0. The van der Waals surface area contributed by atoms with E-state index >= 15 is 0 Å². The van der Waals surface area contributed by atoms with Crippen LogP contribution in [0.2, 0.25) is 0 Å². The average molecular weight is 160 g/mol. The Bertz CT molecular complexity index is 63.1. The van der Waals surface area contributed by atoms with E-state index in [9.17, 15) is 0 Å². The van der Waals surface area contributed by atoms with Crippen LogP contribution in [-0.2, 0) is 0 Å². The molecule has 1 heteroatoms. The molecule has 0 saturated heterocycles. The molecule has 0 nitrogen and oxygen atoms in total. The van der Waals surface area contributed by atoms with E-state index in [1.807, 2.05) is 0 Å². The Morgan fingerprint density at radius 1 is 1.20 bits per heavy atom. The van der Waals surface area contributed by atoms with E-state index in [1.165, 1.54) is 19.3 Å². The normalized spacial score (nSPS) is 14.1. The maximum atomic E-state index is 4.25. The second-order valence-corrected chi connectivity index (χ2v) is 3.75. The molecule has 0 aliphatic heterocycles. The van der Waals surface area contributed by atoms with Crippen LogP contribution in [0.4, 0.5) is 0 Å². The van der Waals surface area contributed by atoms with Crippen LogP contribution < -0.4 is 0 Å². The third-order valence-electron chi connectivity index (χ3n) is 2.10. The zero-order valence-corrected chi connectivity index (χ0v) is 8.32.